The third-order valence-electron chi connectivity index (χ3n) is 4.34. The number of carbonyl (C=O) groups is 2. The van der Waals surface area contributed by atoms with E-state index in [4.69, 9.17) is 11.6 Å². The number of nitrogens with one attached hydrogen (secondary N) is 1. The molecule has 1 saturated heterocycles. The van der Waals surface area contributed by atoms with Crippen LogP contribution in [0.25, 0.3) is 0 Å². The third-order valence-corrected chi connectivity index (χ3v) is 4.68. The first-order valence-corrected chi connectivity index (χ1v) is 7.94. The van der Waals surface area contributed by atoms with Gasteiger partial charge in [0.05, 0.1) is 0 Å². The average molecular weight is 325 g/mol. The number of fused-ring (bicyclic) bond motifs is 1. The highest BCUT2D eigenvalue weighted by Gasteiger charge is 2.26. The van der Waals surface area contributed by atoms with Crippen LogP contribution in [0.3, 0.4) is 0 Å². The van der Waals surface area contributed by atoms with Gasteiger partial charge in [-0.2, -0.15) is 0 Å². The maximum Gasteiger partial charge on any atom is 0.224 e. The Hall–Kier alpha value is -1.62. The predicted molar refractivity (Wildman–Crippen MR) is 80.9 cm³/mol. The van der Waals surface area contributed by atoms with Gasteiger partial charge in [0.1, 0.15) is 5.82 Å². The van der Waals surface area contributed by atoms with E-state index in [0.717, 1.165) is 24.0 Å². The zero-order valence-electron chi connectivity index (χ0n) is 12.2. The summed E-state index contributed by atoms with van der Waals surface area (Å²) in [5.74, 6) is -0.363. The Kier molecular flexibility index (Phi) is 4.34. The average Bonchev–Trinajstić information content (AvgIpc) is 2.46. The summed E-state index contributed by atoms with van der Waals surface area (Å²) in [5, 5.41) is 3.29. The molecule has 22 heavy (non-hydrogen) atoms. The lowest BCUT2D eigenvalue weighted by Crippen LogP contribution is -2.44. The van der Waals surface area contributed by atoms with Crippen molar-refractivity contribution < 1.29 is 14.0 Å². The molecule has 2 aliphatic heterocycles. The fourth-order valence-corrected chi connectivity index (χ4v) is 3.52. The van der Waals surface area contributed by atoms with Crippen LogP contribution in [0.4, 0.5) is 4.39 Å². The Bertz CT molecular complexity index is 620. The van der Waals surface area contributed by atoms with Crippen molar-refractivity contribution in [3.05, 3.63) is 34.1 Å². The number of nitrogens with zero attached hydrogens (tertiary/aromatic N) is 1. The van der Waals surface area contributed by atoms with Gasteiger partial charge in [0.15, 0.2) is 0 Å². The Labute approximate surface area is 133 Å². The SMILES string of the molecule is O=C1CCCC(CC(=O)N2CCc3c(Cl)cc(F)cc3C2)N1. The van der Waals surface area contributed by atoms with Gasteiger partial charge in [0.2, 0.25) is 11.8 Å². The number of hydrogen-bond donors (Lipinski definition) is 1. The molecule has 2 amide bonds. The molecule has 2 aliphatic rings. The summed E-state index contributed by atoms with van der Waals surface area (Å²) in [6.07, 6.45) is 3.15. The van der Waals surface area contributed by atoms with Gasteiger partial charge in [0.25, 0.3) is 0 Å². The van der Waals surface area contributed by atoms with Crippen molar-refractivity contribution in [1.29, 1.82) is 0 Å². The van der Waals surface area contributed by atoms with Gasteiger partial charge in [-0.05, 0) is 42.5 Å². The van der Waals surface area contributed by atoms with Gasteiger partial charge in [-0.1, -0.05) is 11.6 Å². The molecule has 1 fully saturated rings. The molecular weight excluding hydrogens is 307 g/mol. The van der Waals surface area contributed by atoms with Crippen LogP contribution >= 0.6 is 11.6 Å². The van der Waals surface area contributed by atoms with Crippen LogP contribution in [0, 0.1) is 5.82 Å². The first kappa shape index (κ1) is 15.3. The molecule has 3 rings (SSSR count). The fourth-order valence-electron chi connectivity index (χ4n) is 3.20. The van der Waals surface area contributed by atoms with Crippen molar-refractivity contribution in [2.45, 2.75) is 44.7 Å². The van der Waals surface area contributed by atoms with Crippen molar-refractivity contribution in [2.24, 2.45) is 0 Å². The molecule has 1 aromatic carbocycles. The highest BCUT2D eigenvalue weighted by atomic mass is 35.5. The second kappa shape index (κ2) is 6.24. The van der Waals surface area contributed by atoms with Crippen molar-refractivity contribution in [2.75, 3.05) is 6.54 Å². The standard InChI is InChI=1S/C16H18ClFN2O2/c17-14-7-11(18)6-10-9-20(5-4-13(10)14)16(22)8-12-2-1-3-15(21)19-12/h6-7,12H,1-5,8-9H2,(H,19,21). The Balaban J connectivity index is 1.66. The van der Waals surface area contributed by atoms with Crippen LogP contribution < -0.4 is 5.32 Å². The minimum atomic E-state index is -0.377. The minimum absolute atomic E-state index is 0.00164. The molecule has 1 N–H and O–H groups in total. The molecule has 0 radical (unpaired) electrons. The van der Waals surface area contributed by atoms with E-state index >= 15 is 0 Å². The number of carbonyl (C=O) groups excluding carboxylic acids is 2. The summed E-state index contributed by atoms with van der Waals surface area (Å²) in [5.41, 5.74) is 1.70. The molecule has 1 unspecified atom stereocenters. The van der Waals surface area contributed by atoms with E-state index in [9.17, 15) is 14.0 Å². The van der Waals surface area contributed by atoms with E-state index in [1.54, 1.807) is 4.90 Å². The number of amides is 2. The first-order valence-electron chi connectivity index (χ1n) is 7.57. The molecule has 2 heterocycles. The van der Waals surface area contributed by atoms with E-state index in [1.807, 2.05) is 0 Å². The molecular formula is C16H18ClFN2O2. The van der Waals surface area contributed by atoms with Crippen LogP contribution in [0.15, 0.2) is 12.1 Å². The van der Waals surface area contributed by atoms with Crippen molar-refractivity contribution in [1.82, 2.24) is 10.2 Å². The van der Waals surface area contributed by atoms with Crippen LogP contribution in [-0.4, -0.2) is 29.3 Å². The smallest absolute Gasteiger partial charge is 0.224 e. The summed E-state index contributed by atoms with van der Waals surface area (Å²) in [6.45, 7) is 0.962. The number of halogens is 2. The maximum absolute atomic E-state index is 13.5. The lowest BCUT2D eigenvalue weighted by atomic mass is 9.97. The molecule has 1 aromatic rings. The molecule has 0 bridgehead atoms. The number of hydrogen-bond acceptors (Lipinski definition) is 2. The predicted octanol–water partition coefficient (Wildman–Crippen LogP) is 2.42. The van der Waals surface area contributed by atoms with E-state index in [0.29, 0.717) is 37.4 Å². The van der Waals surface area contributed by atoms with Crippen molar-refractivity contribution in [3.8, 4) is 0 Å². The summed E-state index contributed by atoms with van der Waals surface area (Å²) in [7, 11) is 0. The third kappa shape index (κ3) is 3.24. The highest BCUT2D eigenvalue weighted by molar-refractivity contribution is 6.31. The van der Waals surface area contributed by atoms with Gasteiger partial charge in [-0.15, -0.1) is 0 Å². The zero-order chi connectivity index (χ0) is 15.7. The highest BCUT2D eigenvalue weighted by Crippen LogP contribution is 2.28. The van der Waals surface area contributed by atoms with Crippen LogP contribution in [0.2, 0.25) is 5.02 Å². The quantitative estimate of drug-likeness (QED) is 0.908. The fraction of sp³-hybridized carbons (Fsp3) is 0.500. The monoisotopic (exact) mass is 324 g/mol. The van der Waals surface area contributed by atoms with E-state index in [2.05, 4.69) is 5.32 Å². The van der Waals surface area contributed by atoms with E-state index < -0.39 is 0 Å². The number of benzene rings is 1. The van der Waals surface area contributed by atoms with Crippen LogP contribution in [0.5, 0.6) is 0 Å². The first-order chi connectivity index (χ1) is 10.5. The summed E-state index contributed by atoms with van der Waals surface area (Å²) in [6, 6.07) is 2.68. The van der Waals surface area contributed by atoms with E-state index in [-0.39, 0.29) is 23.7 Å². The lowest BCUT2D eigenvalue weighted by molar-refractivity contribution is -0.133. The van der Waals surface area contributed by atoms with Crippen LogP contribution in [-0.2, 0) is 22.6 Å². The Morgan fingerprint density at radius 1 is 1.41 bits per heavy atom. The molecule has 118 valence electrons. The van der Waals surface area contributed by atoms with Gasteiger partial charge >= 0.3 is 0 Å². The number of piperidine rings is 1. The topological polar surface area (TPSA) is 49.4 Å². The Morgan fingerprint density at radius 3 is 3.00 bits per heavy atom. The molecule has 4 nitrogen and oxygen atoms in total. The molecule has 1 atom stereocenters. The van der Waals surface area contributed by atoms with E-state index in [1.165, 1.54) is 12.1 Å². The summed E-state index contributed by atoms with van der Waals surface area (Å²) < 4.78 is 13.5. The van der Waals surface area contributed by atoms with Gasteiger partial charge < -0.3 is 10.2 Å². The van der Waals surface area contributed by atoms with Gasteiger partial charge in [0, 0.05) is 37.0 Å². The molecule has 0 spiro atoms. The van der Waals surface area contributed by atoms with Crippen molar-refractivity contribution in [3.63, 3.8) is 0 Å². The van der Waals surface area contributed by atoms with Crippen LogP contribution in [0.1, 0.15) is 36.8 Å². The number of rotatable bonds is 2. The van der Waals surface area contributed by atoms with Gasteiger partial charge in [-0.3, -0.25) is 9.59 Å². The molecule has 0 aromatic heterocycles. The normalized spacial score (nSPS) is 21.3. The lowest BCUT2D eigenvalue weighted by Gasteiger charge is -2.31. The summed E-state index contributed by atoms with van der Waals surface area (Å²) in [4.78, 5) is 25.5. The molecule has 0 aliphatic carbocycles. The van der Waals surface area contributed by atoms with Gasteiger partial charge in [-0.25, -0.2) is 4.39 Å². The zero-order valence-corrected chi connectivity index (χ0v) is 13.0. The molecule has 0 saturated carbocycles. The van der Waals surface area contributed by atoms with Crippen molar-refractivity contribution >= 4 is 23.4 Å². The largest absolute Gasteiger partial charge is 0.353 e. The minimum Gasteiger partial charge on any atom is -0.353 e. The maximum atomic E-state index is 13.5. The summed E-state index contributed by atoms with van der Waals surface area (Å²) >= 11 is 6.06. The molecule has 6 heteroatoms. The second-order valence-electron chi connectivity index (χ2n) is 5.95. The Morgan fingerprint density at radius 2 is 2.23 bits per heavy atom. The second-order valence-corrected chi connectivity index (χ2v) is 6.36.